The van der Waals surface area contributed by atoms with Gasteiger partial charge in [-0.1, -0.05) is 13.0 Å². The topological polar surface area (TPSA) is 72.2 Å². The number of nitrogens with two attached hydrogens (primary N) is 1. The Morgan fingerprint density at radius 2 is 2.25 bits per heavy atom. The van der Waals surface area contributed by atoms with E-state index in [1.807, 2.05) is 6.92 Å². The molecule has 0 heterocycles. The number of rotatable bonds is 5. The SMILES string of the molecule is CCS(=O)CCNC(=O)c1cccc(N)c1. The third-order valence-electron chi connectivity index (χ3n) is 2.09. The minimum Gasteiger partial charge on any atom is -0.399 e. The number of nitrogen functional groups attached to an aromatic ring is 1. The van der Waals surface area contributed by atoms with Crippen molar-refractivity contribution in [2.24, 2.45) is 0 Å². The predicted molar refractivity (Wildman–Crippen MR) is 66.7 cm³/mol. The maximum Gasteiger partial charge on any atom is 0.251 e. The minimum atomic E-state index is -0.844. The molecule has 88 valence electrons. The Labute approximate surface area is 97.7 Å². The van der Waals surface area contributed by atoms with Gasteiger partial charge in [0.25, 0.3) is 5.91 Å². The second kappa shape index (κ2) is 6.27. The van der Waals surface area contributed by atoms with Crippen LogP contribution in [0.4, 0.5) is 5.69 Å². The summed E-state index contributed by atoms with van der Waals surface area (Å²) in [5.74, 6) is 0.930. The van der Waals surface area contributed by atoms with Crippen LogP contribution < -0.4 is 11.1 Å². The fraction of sp³-hybridized carbons (Fsp3) is 0.364. The Kier molecular flexibility index (Phi) is 4.98. The van der Waals surface area contributed by atoms with Crippen molar-refractivity contribution in [3.05, 3.63) is 29.8 Å². The quantitative estimate of drug-likeness (QED) is 0.747. The molecule has 16 heavy (non-hydrogen) atoms. The van der Waals surface area contributed by atoms with Crippen molar-refractivity contribution in [2.75, 3.05) is 23.8 Å². The van der Waals surface area contributed by atoms with Crippen LogP contribution in [0.15, 0.2) is 24.3 Å². The van der Waals surface area contributed by atoms with Crippen LogP contribution in [-0.2, 0) is 10.8 Å². The average molecular weight is 240 g/mol. The lowest BCUT2D eigenvalue weighted by Gasteiger charge is -2.05. The van der Waals surface area contributed by atoms with Crippen LogP contribution in [0.25, 0.3) is 0 Å². The molecule has 4 nitrogen and oxygen atoms in total. The monoisotopic (exact) mass is 240 g/mol. The Morgan fingerprint density at radius 3 is 2.88 bits per heavy atom. The minimum absolute atomic E-state index is 0.180. The van der Waals surface area contributed by atoms with Crippen molar-refractivity contribution in [1.82, 2.24) is 5.32 Å². The van der Waals surface area contributed by atoms with Crippen LogP contribution in [0.1, 0.15) is 17.3 Å². The molecule has 0 bridgehead atoms. The summed E-state index contributed by atoms with van der Waals surface area (Å²) in [6.45, 7) is 2.28. The maximum atomic E-state index is 11.6. The van der Waals surface area contributed by atoms with Crippen molar-refractivity contribution in [3.8, 4) is 0 Å². The molecule has 0 aliphatic carbocycles. The lowest BCUT2D eigenvalue weighted by molar-refractivity contribution is 0.0956. The molecule has 0 aliphatic rings. The fourth-order valence-electron chi connectivity index (χ4n) is 1.20. The molecule has 1 aromatic rings. The van der Waals surface area contributed by atoms with Crippen molar-refractivity contribution in [1.29, 1.82) is 0 Å². The van der Waals surface area contributed by atoms with Crippen molar-refractivity contribution < 1.29 is 9.00 Å². The predicted octanol–water partition coefficient (Wildman–Crippen LogP) is 0.767. The van der Waals surface area contributed by atoms with E-state index >= 15 is 0 Å². The molecule has 0 fully saturated rings. The molecule has 1 amide bonds. The lowest BCUT2D eigenvalue weighted by atomic mass is 10.2. The number of carbonyl (C=O) groups is 1. The third-order valence-corrected chi connectivity index (χ3v) is 3.39. The molecule has 1 unspecified atom stereocenters. The molecule has 0 saturated heterocycles. The largest absolute Gasteiger partial charge is 0.399 e. The Balaban J connectivity index is 2.44. The number of anilines is 1. The van der Waals surface area contributed by atoms with Gasteiger partial charge in [0.2, 0.25) is 0 Å². The standard InChI is InChI=1S/C11H16N2O2S/c1-2-16(15)7-6-13-11(14)9-4-3-5-10(12)8-9/h3-5,8H,2,6-7,12H2,1H3,(H,13,14). The maximum absolute atomic E-state index is 11.6. The summed E-state index contributed by atoms with van der Waals surface area (Å²) in [7, 11) is -0.844. The summed E-state index contributed by atoms with van der Waals surface area (Å²) in [6.07, 6.45) is 0. The van der Waals surface area contributed by atoms with Crippen molar-refractivity contribution >= 4 is 22.4 Å². The van der Waals surface area contributed by atoms with Crippen molar-refractivity contribution in [2.45, 2.75) is 6.92 Å². The highest BCUT2D eigenvalue weighted by Gasteiger charge is 2.05. The van der Waals surface area contributed by atoms with Gasteiger partial charge in [0, 0.05) is 40.1 Å². The Hall–Kier alpha value is -1.36. The molecule has 0 aliphatic heterocycles. The van der Waals surface area contributed by atoms with Gasteiger partial charge in [0.05, 0.1) is 0 Å². The first-order valence-corrected chi connectivity index (χ1v) is 6.61. The summed E-state index contributed by atoms with van der Waals surface area (Å²) < 4.78 is 11.1. The van der Waals surface area contributed by atoms with Gasteiger partial charge in [-0.3, -0.25) is 9.00 Å². The summed E-state index contributed by atoms with van der Waals surface area (Å²) in [4.78, 5) is 11.6. The first-order valence-electron chi connectivity index (χ1n) is 5.12. The van der Waals surface area contributed by atoms with E-state index in [9.17, 15) is 9.00 Å². The Morgan fingerprint density at radius 1 is 1.50 bits per heavy atom. The molecule has 0 radical (unpaired) electrons. The third kappa shape index (κ3) is 4.02. The van der Waals surface area contributed by atoms with Gasteiger partial charge in [-0.05, 0) is 18.2 Å². The number of benzene rings is 1. The lowest BCUT2D eigenvalue weighted by Crippen LogP contribution is -2.28. The van der Waals surface area contributed by atoms with E-state index in [0.29, 0.717) is 29.3 Å². The van der Waals surface area contributed by atoms with Crippen LogP contribution in [0.2, 0.25) is 0 Å². The van der Waals surface area contributed by atoms with E-state index in [0.717, 1.165) is 0 Å². The summed E-state index contributed by atoms with van der Waals surface area (Å²) in [6, 6.07) is 6.77. The van der Waals surface area contributed by atoms with Crippen LogP contribution in [0, 0.1) is 0 Å². The first-order chi connectivity index (χ1) is 7.63. The molecule has 0 aromatic heterocycles. The molecule has 0 saturated carbocycles. The van der Waals surface area contributed by atoms with E-state index in [-0.39, 0.29) is 5.91 Å². The van der Waals surface area contributed by atoms with Gasteiger partial charge in [-0.15, -0.1) is 0 Å². The number of amides is 1. The highest BCUT2D eigenvalue weighted by atomic mass is 32.2. The number of nitrogens with one attached hydrogen (secondary N) is 1. The highest BCUT2D eigenvalue weighted by Crippen LogP contribution is 2.05. The zero-order valence-corrected chi connectivity index (χ0v) is 10.0. The Bertz CT molecular complexity index is 393. The summed E-state index contributed by atoms with van der Waals surface area (Å²) in [5.41, 5.74) is 6.66. The molecular weight excluding hydrogens is 224 g/mol. The summed E-state index contributed by atoms with van der Waals surface area (Å²) in [5, 5.41) is 2.70. The average Bonchev–Trinajstić information content (AvgIpc) is 2.28. The van der Waals surface area contributed by atoms with Crippen molar-refractivity contribution in [3.63, 3.8) is 0 Å². The van der Waals surface area contributed by atoms with Gasteiger partial charge < -0.3 is 11.1 Å². The van der Waals surface area contributed by atoms with Gasteiger partial charge in [0.15, 0.2) is 0 Å². The van der Waals surface area contributed by atoms with Crippen LogP contribution >= 0.6 is 0 Å². The number of carbonyl (C=O) groups excluding carboxylic acids is 1. The zero-order valence-electron chi connectivity index (χ0n) is 9.23. The van der Waals surface area contributed by atoms with E-state index in [4.69, 9.17) is 5.73 Å². The van der Waals surface area contributed by atoms with Gasteiger partial charge in [-0.25, -0.2) is 0 Å². The molecule has 1 rings (SSSR count). The molecule has 1 atom stereocenters. The fourth-order valence-corrected chi connectivity index (χ4v) is 1.82. The zero-order chi connectivity index (χ0) is 12.0. The number of hydrogen-bond donors (Lipinski definition) is 2. The smallest absolute Gasteiger partial charge is 0.251 e. The van der Waals surface area contributed by atoms with E-state index in [1.54, 1.807) is 24.3 Å². The van der Waals surface area contributed by atoms with Gasteiger partial charge >= 0.3 is 0 Å². The van der Waals surface area contributed by atoms with E-state index in [1.165, 1.54) is 0 Å². The normalized spacial score (nSPS) is 12.1. The number of hydrogen-bond acceptors (Lipinski definition) is 3. The first kappa shape index (κ1) is 12.7. The molecule has 5 heteroatoms. The van der Waals surface area contributed by atoms with Crippen LogP contribution in [0.3, 0.4) is 0 Å². The summed E-state index contributed by atoms with van der Waals surface area (Å²) >= 11 is 0. The molecule has 1 aromatic carbocycles. The van der Waals surface area contributed by atoms with Gasteiger partial charge in [0.1, 0.15) is 0 Å². The molecular formula is C11H16N2O2S. The van der Waals surface area contributed by atoms with E-state index in [2.05, 4.69) is 5.32 Å². The van der Waals surface area contributed by atoms with Gasteiger partial charge in [-0.2, -0.15) is 0 Å². The van der Waals surface area contributed by atoms with E-state index < -0.39 is 10.8 Å². The second-order valence-corrected chi connectivity index (χ2v) is 5.18. The molecule has 0 spiro atoms. The highest BCUT2D eigenvalue weighted by molar-refractivity contribution is 7.84. The molecule has 3 N–H and O–H groups in total. The van der Waals surface area contributed by atoms with Crippen LogP contribution in [-0.4, -0.2) is 28.2 Å². The van der Waals surface area contributed by atoms with Crippen LogP contribution in [0.5, 0.6) is 0 Å². The second-order valence-electron chi connectivity index (χ2n) is 3.31.